The summed E-state index contributed by atoms with van der Waals surface area (Å²) in [5.41, 5.74) is 6.20. The first kappa shape index (κ1) is 17.3. The SMILES string of the molecule is CCOC(=O)c1cc2c(Br)cc(N)cc2n1C(=O)OC(C)(C)C. The number of nitrogen functional groups attached to an aromatic ring is 1. The Morgan fingerprint density at radius 2 is 1.91 bits per heavy atom. The van der Waals surface area contributed by atoms with Crippen LogP contribution in [0.3, 0.4) is 0 Å². The maximum Gasteiger partial charge on any atom is 0.419 e. The van der Waals surface area contributed by atoms with Gasteiger partial charge in [0.1, 0.15) is 11.3 Å². The summed E-state index contributed by atoms with van der Waals surface area (Å²) in [6.45, 7) is 7.17. The summed E-state index contributed by atoms with van der Waals surface area (Å²) in [5, 5.41) is 0.674. The quantitative estimate of drug-likeness (QED) is 0.627. The summed E-state index contributed by atoms with van der Waals surface area (Å²) < 4.78 is 12.3. The number of nitrogens with two attached hydrogens (primary N) is 1. The van der Waals surface area contributed by atoms with Crippen molar-refractivity contribution in [3.63, 3.8) is 0 Å². The van der Waals surface area contributed by atoms with Crippen LogP contribution < -0.4 is 5.73 Å². The molecule has 0 spiro atoms. The van der Waals surface area contributed by atoms with Crippen molar-refractivity contribution in [3.05, 3.63) is 28.4 Å². The second-order valence-electron chi connectivity index (χ2n) is 6.00. The molecule has 1 heterocycles. The number of carbonyl (C=O) groups is 2. The molecule has 0 atom stereocenters. The molecule has 0 saturated heterocycles. The molecule has 0 fully saturated rings. The number of ether oxygens (including phenoxy) is 2. The summed E-state index contributed by atoms with van der Waals surface area (Å²) in [6.07, 6.45) is -0.659. The number of rotatable bonds is 2. The van der Waals surface area contributed by atoms with Crippen LogP contribution in [0.5, 0.6) is 0 Å². The molecule has 23 heavy (non-hydrogen) atoms. The van der Waals surface area contributed by atoms with Crippen molar-refractivity contribution in [1.29, 1.82) is 0 Å². The number of aromatic nitrogens is 1. The highest BCUT2D eigenvalue weighted by Crippen LogP contribution is 2.31. The number of hydrogen-bond acceptors (Lipinski definition) is 5. The van der Waals surface area contributed by atoms with E-state index in [1.807, 2.05) is 0 Å². The molecule has 7 heteroatoms. The van der Waals surface area contributed by atoms with E-state index in [4.69, 9.17) is 15.2 Å². The highest BCUT2D eigenvalue weighted by Gasteiger charge is 2.26. The van der Waals surface area contributed by atoms with E-state index in [1.54, 1.807) is 45.9 Å². The maximum absolute atomic E-state index is 12.6. The molecule has 0 amide bonds. The largest absolute Gasteiger partial charge is 0.461 e. The molecule has 1 aromatic carbocycles. The fraction of sp³-hybridized carbons (Fsp3) is 0.375. The van der Waals surface area contributed by atoms with Gasteiger partial charge in [0.2, 0.25) is 0 Å². The molecule has 0 aliphatic carbocycles. The number of esters is 1. The van der Waals surface area contributed by atoms with E-state index in [9.17, 15) is 9.59 Å². The lowest BCUT2D eigenvalue weighted by atomic mass is 10.2. The van der Waals surface area contributed by atoms with Crippen molar-refractivity contribution in [1.82, 2.24) is 4.57 Å². The van der Waals surface area contributed by atoms with Crippen LogP contribution in [0.2, 0.25) is 0 Å². The second kappa shape index (κ2) is 6.23. The van der Waals surface area contributed by atoms with Gasteiger partial charge in [-0.15, -0.1) is 0 Å². The fourth-order valence-corrected chi connectivity index (χ4v) is 2.72. The van der Waals surface area contributed by atoms with Crippen LogP contribution in [-0.4, -0.2) is 28.8 Å². The van der Waals surface area contributed by atoms with Crippen LogP contribution in [0, 0.1) is 0 Å². The number of carbonyl (C=O) groups excluding carboxylic acids is 2. The lowest BCUT2D eigenvalue weighted by molar-refractivity contribution is 0.0454. The summed E-state index contributed by atoms with van der Waals surface area (Å²) in [4.78, 5) is 24.8. The third-order valence-electron chi connectivity index (χ3n) is 2.95. The monoisotopic (exact) mass is 382 g/mol. The van der Waals surface area contributed by atoms with E-state index < -0.39 is 17.7 Å². The summed E-state index contributed by atoms with van der Waals surface area (Å²) >= 11 is 3.40. The zero-order valence-electron chi connectivity index (χ0n) is 13.5. The normalized spacial score (nSPS) is 11.5. The minimum absolute atomic E-state index is 0.0994. The molecule has 2 N–H and O–H groups in total. The van der Waals surface area contributed by atoms with Crippen molar-refractivity contribution in [2.24, 2.45) is 0 Å². The fourth-order valence-electron chi connectivity index (χ4n) is 2.14. The number of fused-ring (bicyclic) bond motifs is 1. The van der Waals surface area contributed by atoms with Gasteiger partial charge < -0.3 is 15.2 Å². The molecule has 0 aliphatic rings. The Balaban J connectivity index is 2.69. The molecule has 2 aromatic rings. The van der Waals surface area contributed by atoms with Crippen LogP contribution >= 0.6 is 15.9 Å². The van der Waals surface area contributed by atoms with Crippen molar-refractivity contribution in [2.75, 3.05) is 12.3 Å². The molecular formula is C16H19BrN2O4. The van der Waals surface area contributed by atoms with E-state index in [0.29, 0.717) is 21.1 Å². The van der Waals surface area contributed by atoms with E-state index in [-0.39, 0.29) is 12.3 Å². The van der Waals surface area contributed by atoms with Crippen LogP contribution in [0.1, 0.15) is 38.2 Å². The first-order chi connectivity index (χ1) is 10.6. The van der Waals surface area contributed by atoms with Crippen molar-refractivity contribution < 1.29 is 19.1 Å². The number of halogens is 1. The Morgan fingerprint density at radius 1 is 1.26 bits per heavy atom. The van der Waals surface area contributed by atoms with Gasteiger partial charge in [0, 0.05) is 15.5 Å². The number of anilines is 1. The molecule has 0 aliphatic heterocycles. The summed E-state index contributed by atoms with van der Waals surface area (Å²) in [6, 6.07) is 4.91. The summed E-state index contributed by atoms with van der Waals surface area (Å²) in [5.74, 6) is -0.597. The minimum Gasteiger partial charge on any atom is -0.461 e. The van der Waals surface area contributed by atoms with Crippen molar-refractivity contribution >= 4 is 44.6 Å². The van der Waals surface area contributed by atoms with Crippen LogP contribution in [-0.2, 0) is 9.47 Å². The standard InChI is InChI=1S/C16H19BrN2O4/c1-5-22-14(20)13-8-10-11(17)6-9(18)7-12(10)19(13)15(21)23-16(2,3)4/h6-8H,5,18H2,1-4H3. The number of benzene rings is 1. The predicted molar refractivity (Wildman–Crippen MR) is 91.6 cm³/mol. The van der Waals surface area contributed by atoms with E-state index >= 15 is 0 Å². The van der Waals surface area contributed by atoms with E-state index in [2.05, 4.69) is 15.9 Å². The molecule has 0 unspecified atom stereocenters. The van der Waals surface area contributed by atoms with Crippen molar-refractivity contribution in [2.45, 2.75) is 33.3 Å². The van der Waals surface area contributed by atoms with Crippen LogP contribution in [0.4, 0.5) is 10.5 Å². The van der Waals surface area contributed by atoms with Crippen LogP contribution in [0.15, 0.2) is 22.7 Å². The highest BCUT2D eigenvalue weighted by atomic mass is 79.9. The number of nitrogens with zero attached hydrogens (tertiary/aromatic N) is 1. The average Bonchev–Trinajstić information content (AvgIpc) is 2.76. The smallest absolute Gasteiger partial charge is 0.419 e. The zero-order valence-corrected chi connectivity index (χ0v) is 15.1. The lowest BCUT2D eigenvalue weighted by Gasteiger charge is -2.20. The third-order valence-corrected chi connectivity index (χ3v) is 3.61. The first-order valence-corrected chi connectivity index (χ1v) is 7.94. The molecular weight excluding hydrogens is 364 g/mol. The topological polar surface area (TPSA) is 83.5 Å². The van der Waals surface area contributed by atoms with Gasteiger partial charge >= 0.3 is 12.1 Å². The zero-order chi connectivity index (χ0) is 17.4. The van der Waals surface area contributed by atoms with E-state index in [0.717, 1.165) is 0 Å². The van der Waals surface area contributed by atoms with Gasteiger partial charge in [0.05, 0.1) is 12.1 Å². The molecule has 0 radical (unpaired) electrons. The van der Waals surface area contributed by atoms with Gasteiger partial charge in [0.15, 0.2) is 0 Å². The third kappa shape index (κ3) is 3.67. The second-order valence-corrected chi connectivity index (χ2v) is 6.86. The van der Waals surface area contributed by atoms with Gasteiger partial charge in [-0.2, -0.15) is 0 Å². The molecule has 124 valence electrons. The number of hydrogen-bond donors (Lipinski definition) is 1. The van der Waals surface area contributed by atoms with Gasteiger partial charge in [-0.05, 0) is 45.9 Å². The molecule has 1 aromatic heterocycles. The first-order valence-electron chi connectivity index (χ1n) is 7.15. The maximum atomic E-state index is 12.6. The van der Waals surface area contributed by atoms with Gasteiger partial charge in [0.25, 0.3) is 0 Å². The average molecular weight is 383 g/mol. The van der Waals surface area contributed by atoms with Gasteiger partial charge in [-0.1, -0.05) is 15.9 Å². The molecule has 0 bridgehead atoms. The lowest BCUT2D eigenvalue weighted by Crippen LogP contribution is -2.29. The highest BCUT2D eigenvalue weighted by molar-refractivity contribution is 9.10. The van der Waals surface area contributed by atoms with Gasteiger partial charge in [-0.3, -0.25) is 0 Å². The Hall–Kier alpha value is -2.02. The summed E-state index contributed by atoms with van der Waals surface area (Å²) in [7, 11) is 0. The van der Waals surface area contributed by atoms with Crippen LogP contribution in [0.25, 0.3) is 10.9 Å². The predicted octanol–water partition coefficient (Wildman–Crippen LogP) is 3.95. The Labute approximate surface area is 142 Å². The molecule has 0 saturated carbocycles. The Morgan fingerprint density at radius 3 is 2.48 bits per heavy atom. The molecule has 6 nitrogen and oxygen atoms in total. The minimum atomic E-state index is -0.697. The molecule has 2 rings (SSSR count). The Kier molecular flexibility index (Phi) is 4.70. The van der Waals surface area contributed by atoms with Crippen molar-refractivity contribution in [3.8, 4) is 0 Å². The van der Waals surface area contributed by atoms with Gasteiger partial charge in [-0.25, -0.2) is 14.2 Å². The Bertz CT molecular complexity index is 774. The van der Waals surface area contributed by atoms with E-state index in [1.165, 1.54) is 4.57 Å².